The van der Waals surface area contributed by atoms with Crippen molar-refractivity contribution in [2.24, 2.45) is 16.1 Å². The fraction of sp³-hybridized carbons (Fsp3) is 0.611. The number of nitrogens with two attached hydrogens (primary N) is 1. The molecule has 3 N–H and O–H groups in total. The topological polar surface area (TPSA) is 59.6 Å². The summed E-state index contributed by atoms with van der Waals surface area (Å²) in [7, 11) is 0. The third-order valence-corrected chi connectivity index (χ3v) is 5.32. The maximum atomic E-state index is 6.10. The van der Waals surface area contributed by atoms with E-state index >= 15 is 0 Å². The second kappa shape index (κ2) is 6.29. The summed E-state index contributed by atoms with van der Waals surface area (Å²) in [4.78, 5) is 4.73. The molecule has 0 amide bonds. The number of nitrogens with zero attached hydrogens (tertiary/aromatic N) is 1. The number of guanidine groups is 1. The van der Waals surface area contributed by atoms with Crippen LogP contribution in [0.15, 0.2) is 29.3 Å². The van der Waals surface area contributed by atoms with Crippen LogP contribution in [0.4, 0.5) is 5.69 Å². The summed E-state index contributed by atoms with van der Waals surface area (Å²) in [6.45, 7) is 5.01. The van der Waals surface area contributed by atoms with Crippen LogP contribution in [0.25, 0.3) is 0 Å². The third-order valence-electron chi connectivity index (χ3n) is 5.32. The molecule has 0 radical (unpaired) electrons. The van der Waals surface area contributed by atoms with Crippen LogP contribution in [-0.2, 0) is 11.2 Å². The van der Waals surface area contributed by atoms with E-state index in [4.69, 9.17) is 15.5 Å². The van der Waals surface area contributed by atoms with Crippen LogP contribution in [0.5, 0.6) is 0 Å². The Morgan fingerprint density at radius 2 is 2.05 bits per heavy atom. The van der Waals surface area contributed by atoms with Gasteiger partial charge in [-0.3, -0.25) is 0 Å². The molecule has 4 nitrogen and oxygen atoms in total. The smallest absolute Gasteiger partial charge is 0.193 e. The molecule has 0 bridgehead atoms. The Hall–Kier alpha value is -1.55. The van der Waals surface area contributed by atoms with E-state index in [0.29, 0.717) is 18.1 Å². The third kappa shape index (κ3) is 2.72. The van der Waals surface area contributed by atoms with Crippen molar-refractivity contribution in [3.05, 3.63) is 29.8 Å². The van der Waals surface area contributed by atoms with Crippen molar-refractivity contribution in [1.82, 2.24) is 0 Å². The number of aliphatic imine (C=N–C) groups is 1. The molecule has 0 saturated heterocycles. The molecule has 2 unspecified atom stereocenters. The maximum Gasteiger partial charge on any atom is 0.193 e. The highest BCUT2D eigenvalue weighted by molar-refractivity contribution is 5.92. The first kappa shape index (κ1) is 15.3. The standard InChI is InChI=1S/C18H27N3O/c1-3-13-6-8-14(9-7-13)20-17(19)21-15-12-16(22-4-2)18(15)10-5-11-18/h6-9,15-16H,3-5,10-12H2,1-2H3,(H3,19,20,21). The van der Waals surface area contributed by atoms with Crippen LogP contribution >= 0.6 is 0 Å². The van der Waals surface area contributed by atoms with Crippen molar-refractivity contribution < 1.29 is 4.74 Å². The zero-order chi connectivity index (χ0) is 15.6. The second-order valence-electron chi connectivity index (χ2n) is 6.47. The molecule has 2 fully saturated rings. The van der Waals surface area contributed by atoms with Gasteiger partial charge < -0.3 is 15.8 Å². The number of aryl methyl sites for hydroxylation is 1. The molecule has 0 heterocycles. The lowest BCUT2D eigenvalue weighted by molar-refractivity contribution is -0.162. The normalized spacial score (nSPS) is 26.4. The van der Waals surface area contributed by atoms with Gasteiger partial charge in [-0.05, 0) is 50.3 Å². The van der Waals surface area contributed by atoms with Crippen LogP contribution in [0.2, 0.25) is 0 Å². The highest BCUT2D eigenvalue weighted by atomic mass is 16.5. The summed E-state index contributed by atoms with van der Waals surface area (Å²) in [5.74, 6) is 0.524. The van der Waals surface area contributed by atoms with E-state index < -0.39 is 0 Å². The highest BCUT2D eigenvalue weighted by Gasteiger charge is 2.59. The predicted molar refractivity (Wildman–Crippen MR) is 91.2 cm³/mol. The minimum Gasteiger partial charge on any atom is -0.378 e. The molecule has 3 rings (SSSR count). The van der Waals surface area contributed by atoms with Crippen LogP contribution in [0.1, 0.15) is 45.1 Å². The van der Waals surface area contributed by atoms with Crippen LogP contribution in [-0.4, -0.2) is 24.7 Å². The quantitative estimate of drug-likeness (QED) is 0.648. The zero-order valence-electron chi connectivity index (χ0n) is 13.6. The Labute approximate surface area is 133 Å². The minimum absolute atomic E-state index is 0.272. The van der Waals surface area contributed by atoms with Gasteiger partial charge in [0, 0.05) is 17.7 Å². The van der Waals surface area contributed by atoms with E-state index in [1.165, 1.54) is 24.8 Å². The van der Waals surface area contributed by atoms with E-state index in [1.807, 2.05) is 0 Å². The molecule has 4 heteroatoms. The Morgan fingerprint density at radius 1 is 1.32 bits per heavy atom. The van der Waals surface area contributed by atoms with E-state index in [2.05, 4.69) is 43.4 Å². The number of hydrogen-bond acceptors (Lipinski definition) is 2. The Balaban J connectivity index is 1.62. The summed E-state index contributed by atoms with van der Waals surface area (Å²) in [5.41, 5.74) is 8.70. The van der Waals surface area contributed by atoms with Gasteiger partial charge in [-0.2, -0.15) is 0 Å². The van der Waals surface area contributed by atoms with Crippen LogP contribution < -0.4 is 11.1 Å². The molecule has 2 aliphatic carbocycles. The minimum atomic E-state index is 0.272. The monoisotopic (exact) mass is 301 g/mol. The summed E-state index contributed by atoms with van der Waals surface area (Å²) in [6, 6.07) is 8.68. The van der Waals surface area contributed by atoms with Gasteiger partial charge in [0.2, 0.25) is 0 Å². The molecule has 1 aromatic carbocycles. The van der Waals surface area contributed by atoms with Gasteiger partial charge >= 0.3 is 0 Å². The number of benzene rings is 1. The van der Waals surface area contributed by atoms with Gasteiger partial charge in [0.25, 0.3) is 0 Å². The van der Waals surface area contributed by atoms with Crippen molar-refractivity contribution in [3.63, 3.8) is 0 Å². The Morgan fingerprint density at radius 3 is 2.59 bits per heavy atom. The van der Waals surface area contributed by atoms with E-state index in [-0.39, 0.29) is 5.41 Å². The fourth-order valence-electron chi connectivity index (χ4n) is 3.75. The van der Waals surface area contributed by atoms with Crippen molar-refractivity contribution in [2.45, 2.75) is 58.1 Å². The average molecular weight is 301 g/mol. The van der Waals surface area contributed by atoms with Gasteiger partial charge in [0.05, 0.1) is 12.1 Å². The molecular weight excluding hydrogens is 274 g/mol. The maximum absolute atomic E-state index is 6.10. The summed E-state index contributed by atoms with van der Waals surface area (Å²) in [5, 5.41) is 3.21. The van der Waals surface area contributed by atoms with Crippen molar-refractivity contribution in [1.29, 1.82) is 0 Å². The van der Waals surface area contributed by atoms with Gasteiger partial charge in [-0.1, -0.05) is 25.5 Å². The van der Waals surface area contributed by atoms with Gasteiger partial charge in [-0.15, -0.1) is 0 Å². The van der Waals surface area contributed by atoms with Gasteiger partial charge in [0.1, 0.15) is 0 Å². The first-order valence-electron chi connectivity index (χ1n) is 8.48. The summed E-state index contributed by atoms with van der Waals surface area (Å²) in [6.07, 6.45) is 6.19. The van der Waals surface area contributed by atoms with Crippen LogP contribution in [0.3, 0.4) is 0 Å². The Kier molecular flexibility index (Phi) is 4.39. The van der Waals surface area contributed by atoms with E-state index in [0.717, 1.165) is 25.1 Å². The van der Waals surface area contributed by atoms with E-state index in [1.54, 1.807) is 0 Å². The number of ether oxygens (including phenoxy) is 1. The number of hydrogen-bond donors (Lipinski definition) is 2. The lowest BCUT2D eigenvalue weighted by atomic mass is 9.51. The van der Waals surface area contributed by atoms with E-state index in [9.17, 15) is 0 Å². The average Bonchev–Trinajstić information content (AvgIpc) is 2.45. The largest absolute Gasteiger partial charge is 0.378 e. The zero-order valence-corrected chi connectivity index (χ0v) is 13.6. The molecule has 0 aliphatic heterocycles. The number of nitrogens with one attached hydrogen (secondary N) is 1. The Bertz CT molecular complexity index is 534. The predicted octanol–water partition coefficient (Wildman–Crippen LogP) is 3.32. The molecule has 120 valence electrons. The molecule has 0 aromatic heterocycles. The van der Waals surface area contributed by atoms with Gasteiger partial charge in [0.15, 0.2) is 5.96 Å². The molecular formula is C18H27N3O. The lowest BCUT2D eigenvalue weighted by Crippen LogP contribution is -2.61. The van der Waals surface area contributed by atoms with Crippen LogP contribution in [0, 0.1) is 5.41 Å². The summed E-state index contributed by atoms with van der Waals surface area (Å²) < 4.78 is 5.86. The first-order chi connectivity index (χ1) is 10.7. The van der Waals surface area contributed by atoms with Crippen molar-refractivity contribution in [2.75, 3.05) is 11.9 Å². The van der Waals surface area contributed by atoms with Crippen molar-refractivity contribution in [3.8, 4) is 0 Å². The first-order valence-corrected chi connectivity index (χ1v) is 8.48. The molecule has 1 spiro atoms. The molecule has 2 aliphatic rings. The molecule has 2 saturated carbocycles. The van der Waals surface area contributed by atoms with Gasteiger partial charge in [-0.25, -0.2) is 4.99 Å². The number of anilines is 1. The van der Waals surface area contributed by atoms with Crippen molar-refractivity contribution >= 4 is 11.6 Å². The fourth-order valence-corrected chi connectivity index (χ4v) is 3.75. The molecule has 2 atom stereocenters. The second-order valence-corrected chi connectivity index (χ2v) is 6.47. The highest BCUT2D eigenvalue weighted by Crippen LogP contribution is 2.58. The molecule has 22 heavy (non-hydrogen) atoms. The summed E-state index contributed by atoms with van der Waals surface area (Å²) >= 11 is 0. The molecule has 1 aromatic rings. The number of rotatable bonds is 5. The lowest BCUT2D eigenvalue weighted by Gasteiger charge is -2.59. The SMILES string of the molecule is CCOC1CC(N=C(N)Nc2ccc(CC)cc2)C12CCC2.